The summed E-state index contributed by atoms with van der Waals surface area (Å²) in [6.07, 6.45) is 9.31. The number of carbonyl (C=O) groups is 3. The molecule has 4 saturated carbocycles. The molecule has 2 aromatic rings. The van der Waals surface area contributed by atoms with Gasteiger partial charge in [0.15, 0.2) is 5.78 Å². The van der Waals surface area contributed by atoms with Crippen LogP contribution in [0.5, 0.6) is 5.75 Å². The predicted molar refractivity (Wildman–Crippen MR) is 211 cm³/mol. The lowest BCUT2D eigenvalue weighted by molar-refractivity contribution is -0.202. The SMILES string of the molecule is CCOC(=O)N1OC[C@@H](c2ccc(OC(=O)[C@@]3(C)CC[C@]4(C)CC[C@]5(C)C(=CC(=O)[C@@H]6[C@@]7(C)CC[C@H](O)C(C)(C)[C@@H]7CC[C@]65C)[C@@H]4C3)cc2)c2ccccc21. The molecule has 0 saturated heterocycles. The number of hydrogen-bond donors (Lipinski definition) is 1. The number of carbonyl (C=O) groups excluding carboxylic acids is 3. The summed E-state index contributed by atoms with van der Waals surface area (Å²) in [7, 11) is 0. The zero-order valence-corrected chi connectivity index (χ0v) is 34.2. The number of benzene rings is 2. The highest BCUT2D eigenvalue weighted by atomic mass is 16.7. The van der Waals surface area contributed by atoms with E-state index >= 15 is 0 Å². The van der Waals surface area contributed by atoms with Crippen LogP contribution in [0.25, 0.3) is 0 Å². The minimum atomic E-state index is -0.692. The van der Waals surface area contributed by atoms with Crippen LogP contribution in [0.3, 0.4) is 0 Å². The molecule has 8 rings (SSSR count). The third-order valence-corrected chi connectivity index (χ3v) is 16.9. The first kappa shape index (κ1) is 38.4. The molecule has 8 heteroatoms. The van der Waals surface area contributed by atoms with Crippen molar-refractivity contribution in [2.24, 2.45) is 50.2 Å². The molecule has 4 fully saturated rings. The van der Waals surface area contributed by atoms with Crippen molar-refractivity contribution < 1.29 is 33.8 Å². The molecule has 0 radical (unpaired) electrons. The number of aliphatic hydroxyl groups is 1. The number of rotatable bonds is 4. The number of allylic oxidation sites excluding steroid dienone is 2. The average molecular weight is 752 g/mol. The van der Waals surface area contributed by atoms with Gasteiger partial charge in [-0.1, -0.05) is 77.4 Å². The molecule has 55 heavy (non-hydrogen) atoms. The molecule has 0 bridgehead atoms. The van der Waals surface area contributed by atoms with E-state index in [4.69, 9.17) is 14.3 Å². The van der Waals surface area contributed by atoms with Crippen molar-refractivity contribution in [2.75, 3.05) is 18.3 Å². The zero-order chi connectivity index (χ0) is 39.3. The summed E-state index contributed by atoms with van der Waals surface area (Å²) in [6.45, 7) is 18.4. The van der Waals surface area contributed by atoms with E-state index in [1.165, 1.54) is 10.6 Å². The first-order chi connectivity index (χ1) is 25.9. The van der Waals surface area contributed by atoms with Crippen LogP contribution in [0.1, 0.15) is 130 Å². The van der Waals surface area contributed by atoms with Crippen LogP contribution in [-0.4, -0.2) is 42.3 Å². The van der Waals surface area contributed by atoms with Gasteiger partial charge in [0, 0.05) is 11.8 Å². The fourth-order valence-electron chi connectivity index (χ4n) is 13.2. The number of nitrogens with zero attached hydrogens (tertiary/aromatic N) is 1. The van der Waals surface area contributed by atoms with Crippen LogP contribution >= 0.6 is 0 Å². The Labute approximate surface area is 327 Å². The number of ether oxygens (including phenoxy) is 2. The van der Waals surface area contributed by atoms with Crippen molar-refractivity contribution in [2.45, 2.75) is 125 Å². The summed E-state index contributed by atoms with van der Waals surface area (Å²) < 4.78 is 11.4. The Morgan fingerprint density at radius 1 is 0.891 bits per heavy atom. The maximum Gasteiger partial charge on any atom is 0.438 e. The number of aliphatic hydroxyl groups excluding tert-OH is 1. The molecule has 0 unspecified atom stereocenters. The molecule has 1 N–H and O–H groups in total. The topological polar surface area (TPSA) is 102 Å². The molecule has 0 spiro atoms. The molecular weight excluding hydrogens is 691 g/mol. The number of ketones is 1. The van der Waals surface area contributed by atoms with E-state index in [2.05, 4.69) is 54.5 Å². The van der Waals surface area contributed by atoms with E-state index in [-0.39, 0.29) is 75.9 Å². The Hall–Kier alpha value is -3.49. The fourth-order valence-corrected chi connectivity index (χ4v) is 13.2. The van der Waals surface area contributed by atoms with Gasteiger partial charge in [0.05, 0.1) is 30.4 Å². The van der Waals surface area contributed by atoms with Crippen molar-refractivity contribution in [3.63, 3.8) is 0 Å². The monoisotopic (exact) mass is 751 g/mol. The van der Waals surface area contributed by atoms with E-state index in [1.54, 1.807) is 6.92 Å². The van der Waals surface area contributed by atoms with Crippen LogP contribution < -0.4 is 9.80 Å². The highest BCUT2D eigenvalue weighted by Crippen LogP contribution is 2.75. The van der Waals surface area contributed by atoms with Crippen molar-refractivity contribution >= 4 is 23.5 Å². The Bertz CT molecular complexity index is 1920. The molecule has 1 heterocycles. The standard InChI is InChI=1S/C47H61NO7/c1-9-53-41(52)48-35-13-11-10-12-31(35)32(28-54-48)29-14-16-30(17-15-29)55-40(51)44(5)23-22-43(4)24-25-46(7)33(34(43)27-44)26-36(49)39-45(6)20-19-38(50)42(2,3)37(45)18-21-47(39,46)8/h10-17,26,32,34,37-39,50H,9,18-25,27-28H2,1-8H3/t32-,34-,37-,38-,39+,43+,44-,45-,46+,47+/m0/s1. The molecule has 1 amide bonds. The summed E-state index contributed by atoms with van der Waals surface area (Å²) in [6, 6.07) is 15.3. The van der Waals surface area contributed by atoms with Gasteiger partial charge in [-0.15, -0.1) is 0 Å². The molecule has 5 aliphatic carbocycles. The van der Waals surface area contributed by atoms with E-state index in [0.717, 1.165) is 62.5 Å². The number of amides is 1. The number of hydrogen-bond acceptors (Lipinski definition) is 7. The second-order valence-electron chi connectivity index (χ2n) is 20.0. The predicted octanol–water partition coefficient (Wildman–Crippen LogP) is 9.97. The average Bonchev–Trinajstić information content (AvgIpc) is 3.15. The van der Waals surface area contributed by atoms with E-state index < -0.39 is 11.5 Å². The summed E-state index contributed by atoms with van der Waals surface area (Å²) in [4.78, 5) is 47.4. The van der Waals surface area contributed by atoms with E-state index in [0.29, 0.717) is 23.8 Å². The van der Waals surface area contributed by atoms with Crippen LogP contribution in [0.4, 0.5) is 10.5 Å². The van der Waals surface area contributed by atoms with Gasteiger partial charge in [0.2, 0.25) is 0 Å². The first-order valence-electron chi connectivity index (χ1n) is 20.9. The smallest absolute Gasteiger partial charge is 0.438 e. The molecule has 8 nitrogen and oxygen atoms in total. The lowest BCUT2D eigenvalue weighted by Crippen LogP contribution is -2.66. The second kappa shape index (κ2) is 13.0. The zero-order valence-electron chi connectivity index (χ0n) is 34.2. The summed E-state index contributed by atoms with van der Waals surface area (Å²) in [5.74, 6) is 0.801. The number of fused-ring (bicyclic) bond motifs is 8. The van der Waals surface area contributed by atoms with Crippen molar-refractivity contribution in [3.8, 4) is 5.75 Å². The molecule has 0 aromatic heterocycles. The minimum Gasteiger partial charge on any atom is -0.448 e. The van der Waals surface area contributed by atoms with Crippen molar-refractivity contribution in [3.05, 3.63) is 71.3 Å². The molecule has 1 aliphatic heterocycles. The molecule has 10 atom stereocenters. The van der Waals surface area contributed by atoms with Crippen molar-refractivity contribution in [1.29, 1.82) is 0 Å². The number of anilines is 1. The van der Waals surface area contributed by atoms with Crippen LogP contribution in [0.15, 0.2) is 60.2 Å². The lowest BCUT2D eigenvalue weighted by atomic mass is 9.33. The highest BCUT2D eigenvalue weighted by molar-refractivity contribution is 5.96. The third-order valence-electron chi connectivity index (χ3n) is 16.9. The minimum absolute atomic E-state index is 0.0233. The van der Waals surface area contributed by atoms with Gasteiger partial charge >= 0.3 is 12.1 Å². The second-order valence-corrected chi connectivity index (χ2v) is 20.0. The van der Waals surface area contributed by atoms with Gasteiger partial charge in [0.25, 0.3) is 0 Å². The third kappa shape index (κ3) is 5.61. The summed E-state index contributed by atoms with van der Waals surface area (Å²) in [5.41, 5.74) is 2.51. The maximum atomic E-state index is 14.7. The summed E-state index contributed by atoms with van der Waals surface area (Å²) >= 11 is 0. The maximum absolute atomic E-state index is 14.7. The highest BCUT2D eigenvalue weighted by Gasteiger charge is 2.70. The molecule has 296 valence electrons. The van der Waals surface area contributed by atoms with Crippen molar-refractivity contribution in [1.82, 2.24) is 0 Å². The van der Waals surface area contributed by atoms with Gasteiger partial charge in [-0.3, -0.25) is 14.4 Å². The van der Waals surface area contributed by atoms with Gasteiger partial charge < -0.3 is 14.6 Å². The van der Waals surface area contributed by atoms with Gasteiger partial charge in [-0.2, -0.15) is 5.06 Å². The van der Waals surface area contributed by atoms with Gasteiger partial charge in [-0.25, -0.2) is 4.79 Å². The lowest BCUT2D eigenvalue weighted by Gasteiger charge is -2.70. The normalized spacial score (nSPS) is 40.3. The number of esters is 1. The van der Waals surface area contributed by atoms with E-state index in [1.807, 2.05) is 48.5 Å². The van der Waals surface area contributed by atoms with E-state index in [9.17, 15) is 19.5 Å². The molecule has 2 aromatic carbocycles. The first-order valence-corrected chi connectivity index (χ1v) is 20.9. The molecule has 6 aliphatic rings. The quantitative estimate of drug-likeness (QED) is 0.245. The Morgan fingerprint density at radius 2 is 1.60 bits per heavy atom. The van der Waals surface area contributed by atoms with Gasteiger partial charge in [-0.05, 0) is 146 Å². The fraction of sp³-hybridized carbons (Fsp3) is 0.638. The van der Waals surface area contributed by atoms with Crippen LogP contribution in [0.2, 0.25) is 0 Å². The Morgan fingerprint density at radius 3 is 2.33 bits per heavy atom. The van der Waals surface area contributed by atoms with Gasteiger partial charge in [0.1, 0.15) is 5.75 Å². The number of hydroxylamine groups is 1. The van der Waals surface area contributed by atoms with Crippen LogP contribution in [0, 0.1) is 50.2 Å². The number of para-hydroxylation sites is 1. The Balaban J connectivity index is 1.03. The Kier molecular flexibility index (Phi) is 9.09. The summed E-state index contributed by atoms with van der Waals surface area (Å²) in [5, 5.41) is 12.3. The molecular formula is C47H61NO7. The largest absolute Gasteiger partial charge is 0.448 e. The van der Waals surface area contributed by atoms with Crippen LogP contribution in [-0.2, 0) is 19.2 Å².